The fourth-order valence-electron chi connectivity index (χ4n) is 3.61. The van der Waals surface area contributed by atoms with E-state index in [1.807, 2.05) is 18.2 Å². The van der Waals surface area contributed by atoms with Gasteiger partial charge < -0.3 is 10.6 Å². The Morgan fingerprint density at radius 1 is 1.00 bits per heavy atom. The van der Waals surface area contributed by atoms with Crippen LogP contribution in [-0.2, 0) is 0 Å². The molecule has 0 bridgehead atoms. The first-order chi connectivity index (χ1) is 15.2. The van der Waals surface area contributed by atoms with E-state index in [0.717, 1.165) is 36.1 Å². The van der Waals surface area contributed by atoms with E-state index in [9.17, 15) is 9.18 Å². The Bertz CT molecular complexity index is 1060. The lowest BCUT2D eigenvalue weighted by Gasteiger charge is -2.13. The Morgan fingerprint density at radius 2 is 1.81 bits per heavy atom. The number of nitrogens with zero attached hydrogens (tertiary/aromatic N) is 2. The number of allylic oxidation sites excluding steroid dienone is 1. The van der Waals surface area contributed by atoms with Crippen LogP contribution < -0.4 is 10.6 Å². The molecule has 1 aromatic heterocycles. The van der Waals surface area contributed by atoms with Crippen LogP contribution in [0.4, 0.5) is 16.0 Å². The highest BCUT2D eigenvalue weighted by Gasteiger charge is 2.08. The van der Waals surface area contributed by atoms with Gasteiger partial charge in [-0.2, -0.15) is 0 Å². The number of hydrogen-bond donors (Lipinski definition) is 2. The highest BCUT2D eigenvalue weighted by Crippen LogP contribution is 2.21. The van der Waals surface area contributed by atoms with Gasteiger partial charge in [0.2, 0.25) is 5.95 Å². The minimum Gasteiger partial charge on any atom is -0.352 e. The van der Waals surface area contributed by atoms with Crippen molar-refractivity contribution >= 4 is 17.5 Å². The van der Waals surface area contributed by atoms with E-state index in [1.165, 1.54) is 30.5 Å². The lowest BCUT2D eigenvalue weighted by atomic mass is 9.97. The zero-order valence-corrected chi connectivity index (χ0v) is 17.3. The molecule has 5 nitrogen and oxygen atoms in total. The molecule has 0 spiro atoms. The minimum atomic E-state index is -0.296. The van der Waals surface area contributed by atoms with E-state index in [-0.39, 0.29) is 11.7 Å². The van der Waals surface area contributed by atoms with Gasteiger partial charge in [-0.05, 0) is 74.1 Å². The van der Waals surface area contributed by atoms with Gasteiger partial charge in [-0.15, -0.1) is 0 Å². The van der Waals surface area contributed by atoms with E-state index in [1.54, 1.807) is 30.6 Å². The molecule has 31 heavy (non-hydrogen) atoms. The molecule has 1 aliphatic rings. The molecule has 2 N–H and O–H groups in total. The predicted molar refractivity (Wildman–Crippen MR) is 121 cm³/mol. The number of carbonyl (C=O) groups excluding carboxylic acids is 1. The molecule has 0 saturated heterocycles. The molecule has 2 aromatic carbocycles. The third-order valence-corrected chi connectivity index (χ3v) is 5.33. The number of hydrogen-bond acceptors (Lipinski definition) is 4. The third kappa shape index (κ3) is 5.75. The van der Waals surface area contributed by atoms with Crippen LogP contribution in [0.3, 0.4) is 0 Å². The maximum atomic E-state index is 13.4. The summed E-state index contributed by atoms with van der Waals surface area (Å²) in [6.07, 6.45) is 11.4. The Balaban J connectivity index is 1.30. The molecule has 1 amide bonds. The smallest absolute Gasteiger partial charge is 0.251 e. The Hall–Kier alpha value is -3.54. The number of halogens is 1. The summed E-state index contributed by atoms with van der Waals surface area (Å²) < 4.78 is 13.4. The zero-order valence-electron chi connectivity index (χ0n) is 17.3. The van der Waals surface area contributed by atoms with Gasteiger partial charge in [0.05, 0.1) is 0 Å². The Kier molecular flexibility index (Phi) is 6.67. The first-order valence-electron chi connectivity index (χ1n) is 10.6. The molecule has 0 radical (unpaired) electrons. The first-order valence-corrected chi connectivity index (χ1v) is 10.6. The average Bonchev–Trinajstić information content (AvgIpc) is 2.81. The van der Waals surface area contributed by atoms with Crippen LogP contribution in [0.5, 0.6) is 0 Å². The SMILES string of the molecule is O=C(NCCC1=CCCCC1)c1ccc(Nc2ncc(-c3cccc(F)c3)cn2)cc1. The van der Waals surface area contributed by atoms with E-state index in [0.29, 0.717) is 18.1 Å². The van der Waals surface area contributed by atoms with Crippen LogP contribution in [0.2, 0.25) is 0 Å². The molecular weight excluding hydrogens is 391 g/mol. The van der Waals surface area contributed by atoms with E-state index in [2.05, 4.69) is 26.7 Å². The van der Waals surface area contributed by atoms with Gasteiger partial charge in [-0.3, -0.25) is 4.79 Å². The summed E-state index contributed by atoms with van der Waals surface area (Å²) in [4.78, 5) is 20.9. The normalized spacial score (nSPS) is 13.4. The number of carbonyl (C=O) groups is 1. The van der Waals surface area contributed by atoms with Gasteiger partial charge >= 0.3 is 0 Å². The third-order valence-electron chi connectivity index (χ3n) is 5.33. The molecule has 0 atom stereocenters. The van der Waals surface area contributed by atoms with Crippen molar-refractivity contribution in [3.8, 4) is 11.1 Å². The van der Waals surface area contributed by atoms with Crippen LogP contribution in [0.1, 0.15) is 42.5 Å². The topological polar surface area (TPSA) is 66.9 Å². The molecular formula is C25H25FN4O. The molecule has 0 aliphatic heterocycles. The molecule has 4 rings (SSSR count). The number of rotatable bonds is 7. The number of anilines is 2. The second-order valence-corrected chi connectivity index (χ2v) is 7.62. The van der Waals surface area contributed by atoms with Crippen molar-refractivity contribution in [2.45, 2.75) is 32.1 Å². The molecule has 0 saturated carbocycles. The van der Waals surface area contributed by atoms with Gasteiger partial charge in [0, 0.05) is 35.8 Å². The summed E-state index contributed by atoms with van der Waals surface area (Å²) in [6, 6.07) is 13.5. The van der Waals surface area contributed by atoms with Crippen molar-refractivity contribution in [3.05, 3.63) is 84.0 Å². The molecule has 158 valence electrons. The molecule has 0 unspecified atom stereocenters. The largest absolute Gasteiger partial charge is 0.352 e. The van der Waals surface area contributed by atoms with Gasteiger partial charge in [-0.1, -0.05) is 23.8 Å². The fraction of sp³-hybridized carbons (Fsp3) is 0.240. The highest BCUT2D eigenvalue weighted by atomic mass is 19.1. The number of amides is 1. The van der Waals surface area contributed by atoms with Crippen LogP contribution in [0, 0.1) is 5.82 Å². The van der Waals surface area contributed by atoms with Crippen molar-refractivity contribution in [2.75, 3.05) is 11.9 Å². The van der Waals surface area contributed by atoms with Crippen LogP contribution in [0.15, 0.2) is 72.6 Å². The maximum absolute atomic E-state index is 13.4. The van der Waals surface area contributed by atoms with Crippen molar-refractivity contribution in [3.63, 3.8) is 0 Å². The van der Waals surface area contributed by atoms with Gasteiger partial charge in [-0.25, -0.2) is 14.4 Å². The predicted octanol–water partition coefficient (Wildman–Crippen LogP) is 5.65. The zero-order chi connectivity index (χ0) is 21.5. The minimum absolute atomic E-state index is 0.0707. The second kappa shape index (κ2) is 9.98. The van der Waals surface area contributed by atoms with E-state index < -0.39 is 0 Å². The second-order valence-electron chi connectivity index (χ2n) is 7.62. The maximum Gasteiger partial charge on any atom is 0.251 e. The van der Waals surface area contributed by atoms with E-state index in [4.69, 9.17) is 0 Å². The van der Waals surface area contributed by atoms with Crippen LogP contribution in [0.25, 0.3) is 11.1 Å². The average molecular weight is 417 g/mol. The fourth-order valence-corrected chi connectivity index (χ4v) is 3.61. The first kappa shape index (κ1) is 20.7. The summed E-state index contributed by atoms with van der Waals surface area (Å²) in [5.41, 5.74) is 4.31. The molecule has 0 fully saturated rings. The summed E-state index contributed by atoms with van der Waals surface area (Å²) >= 11 is 0. The molecule has 1 heterocycles. The number of aromatic nitrogens is 2. The van der Waals surface area contributed by atoms with Crippen molar-refractivity contribution in [1.29, 1.82) is 0 Å². The summed E-state index contributed by atoms with van der Waals surface area (Å²) in [5, 5.41) is 6.10. The summed E-state index contributed by atoms with van der Waals surface area (Å²) in [6.45, 7) is 0.663. The monoisotopic (exact) mass is 416 g/mol. The van der Waals surface area contributed by atoms with E-state index >= 15 is 0 Å². The van der Waals surface area contributed by atoms with Crippen LogP contribution >= 0.6 is 0 Å². The Labute approximate surface area is 181 Å². The summed E-state index contributed by atoms with van der Waals surface area (Å²) in [7, 11) is 0. The van der Waals surface area contributed by atoms with Gasteiger partial charge in [0.15, 0.2) is 0 Å². The van der Waals surface area contributed by atoms with Crippen molar-refractivity contribution in [1.82, 2.24) is 15.3 Å². The highest BCUT2D eigenvalue weighted by molar-refractivity contribution is 5.94. The quantitative estimate of drug-likeness (QED) is 0.489. The molecule has 1 aliphatic carbocycles. The molecule has 6 heteroatoms. The van der Waals surface area contributed by atoms with Crippen LogP contribution in [-0.4, -0.2) is 22.4 Å². The lowest BCUT2D eigenvalue weighted by molar-refractivity contribution is 0.0954. The standard InChI is InChI=1S/C25H25FN4O/c26-22-8-4-7-20(15-22)21-16-28-25(29-17-21)30-23-11-9-19(10-12-23)24(31)27-14-13-18-5-2-1-3-6-18/h4-5,7-12,15-17H,1-3,6,13-14H2,(H,27,31)(H,28,29,30). The Morgan fingerprint density at radius 3 is 2.52 bits per heavy atom. The van der Waals surface area contributed by atoms with Gasteiger partial charge in [0.1, 0.15) is 5.82 Å². The van der Waals surface area contributed by atoms with Crippen molar-refractivity contribution < 1.29 is 9.18 Å². The molecule has 3 aromatic rings. The summed E-state index contributed by atoms with van der Waals surface area (Å²) in [5.74, 6) is 0.0617. The van der Waals surface area contributed by atoms with Crippen molar-refractivity contribution in [2.24, 2.45) is 0 Å². The number of benzene rings is 2. The number of nitrogens with one attached hydrogen (secondary N) is 2. The lowest BCUT2D eigenvalue weighted by Crippen LogP contribution is -2.24. The van der Waals surface area contributed by atoms with Gasteiger partial charge in [0.25, 0.3) is 5.91 Å².